The maximum Gasteiger partial charge on any atom is 0.176 e. The van der Waals surface area contributed by atoms with E-state index in [9.17, 15) is 0 Å². The highest BCUT2D eigenvalue weighted by Gasteiger charge is 2.16. The van der Waals surface area contributed by atoms with Crippen LogP contribution in [0, 0.1) is 17.8 Å². The van der Waals surface area contributed by atoms with E-state index in [-0.39, 0.29) is 0 Å². The van der Waals surface area contributed by atoms with Gasteiger partial charge >= 0.3 is 0 Å². The van der Waals surface area contributed by atoms with Crippen LogP contribution >= 0.6 is 23.6 Å². The van der Waals surface area contributed by atoms with E-state index in [2.05, 4.69) is 15.3 Å². The van der Waals surface area contributed by atoms with Crippen LogP contribution in [-0.4, -0.2) is 20.0 Å². The number of nitrogens with one attached hydrogen (secondary N) is 1. The van der Waals surface area contributed by atoms with Crippen molar-refractivity contribution in [3.8, 4) is 16.3 Å². The van der Waals surface area contributed by atoms with Crippen LogP contribution in [0.2, 0.25) is 0 Å². The molecule has 1 N–H and O–H groups in total. The Morgan fingerprint density at radius 2 is 1.95 bits per heavy atom. The van der Waals surface area contributed by atoms with Crippen LogP contribution < -0.4 is 0 Å². The minimum Gasteiger partial charge on any atom is -0.258 e. The largest absolute Gasteiger partial charge is 0.258 e. The van der Waals surface area contributed by atoms with Crippen molar-refractivity contribution in [3.63, 3.8) is 0 Å². The molecule has 19 heavy (non-hydrogen) atoms. The van der Waals surface area contributed by atoms with E-state index >= 15 is 0 Å². The quantitative estimate of drug-likeness (QED) is 0.732. The summed E-state index contributed by atoms with van der Waals surface area (Å²) in [6.07, 6.45) is 0. The third-order valence-electron chi connectivity index (χ3n) is 2.94. The van der Waals surface area contributed by atoms with E-state index < -0.39 is 0 Å². The van der Waals surface area contributed by atoms with E-state index in [0.29, 0.717) is 3.95 Å². The molecule has 96 valence electrons. The van der Waals surface area contributed by atoms with Crippen LogP contribution in [0.5, 0.6) is 0 Å². The molecular weight excluding hydrogens is 276 g/mol. The summed E-state index contributed by atoms with van der Waals surface area (Å²) < 4.78 is 2.62. The van der Waals surface area contributed by atoms with Gasteiger partial charge < -0.3 is 0 Å². The fourth-order valence-electron chi connectivity index (χ4n) is 2.11. The molecule has 0 unspecified atom stereocenters. The first kappa shape index (κ1) is 12.3. The number of nitrogens with zero attached hydrogens (tertiary/aromatic N) is 3. The van der Waals surface area contributed by atoms with Crippen LogP contribution in [0.1, 0.15) is 11.4 Å². The Bertz CT molecular complexity index is 768. The number of aryl methyl sites for hydroxylation is 1. The van der Waals surface area contributed by atoms with E-state index in [1.807, 2.05) is 48.9 Å². The summed E-state index contributed by atoms with van der Waals surface area (Å²) >= 11 is 6.57. The normalized spacial score (nSPS) is 10.8. The zero-order valence-electron chi connectivity index (χ0n) is 10.5. The summed E-state index contributed by atoms with van der Waals surface area (Å²) in [6.45, 7) is 4.04. The van der Waals surface area contributed by atoms with Gasteiger partial charge in [-0.2, -0.15) is 10.2 Å². The highest BCUT2D eigenvalue weighted by molar-refractivity contribution is 7.73. The van der Waals surface area contributed by atoms with E-state index in [0.717, 1.165) is 27.6 Å². The lowest BCUT2D eigenvalue weighted by molar-refractivity contribution is 0.834. The lowest BCUT2D eigenvalue weighted by atomic mass is 10.2. The number of aromatic nitrogens is 4. The third-order valence-corrected chi connectivity index (χ3v) is 4.05. The van der Waals surface area contributed by atoms with Gasteiger partial charge in [-0.1, -0.05) is 29.5 Å². The number of aromatic amines is 1. The second kappa shape index (κ2) is 4.71. The lowest BCUT2D eigenvalue weighted by Gasteiger charge is -2.03. The Morgan fingerprint density at radius 1 is 1.21 bits per heavy atom. The number of rotatable bonds is 2. The average Bonchev–Trinajstić information content (AvgIpc) is 2.95. The molecule has 0 atom stereocenters. The third kappa shape index (κ3) is 2.13. The molecule has 0 saturated carbocycles. The zero-order chi connectivity index (χ0) is 13.4. The number of hydrogen-bond acceptors (Lipinski definition) is 4. The van der Waals surface area contributed by atoms with Gasteiger partial charge in [-0.15, -0.1) is 0 Å². The number of H-pyrrole nitrogens is 1. The standard InChI is InChI=1S/C13H12N4S2/c1-8-11(12-14-15-13(18)19-12)9(2)17(16-8)10-6-4-3-5-7-10/h3-7H,1-2H3,(H,15,18). The Hall–Kier alpha value is -1.79. The van der Waals surface area contributed by atoms with Gasteiger partial charge in [-0.25, -0.2) is 4.68 Å². The van der Waals surface area contributed by atoms with E-state index in [1.165, 1.54) is 11.3 Å². The molecule has 0 saturated heterocycles. The molecule has 0 aliphatic carbocycles. The molecule has 2 heterocycles. The molecule has 1 aromatic carbocycles. The molecule has 4 nitrogen and oxygen atoms in total. The monoisotopic (exact) mass is 288 g/mol. The first-order valence-corrected chi connectivity index (χ1v) is 7.07. The molecule has 0 aliphatic rings. The molecule has 3 aromatic rings. The molecule has 0 spiro atoms. The Labute approximate surface area is 119 Å². The smallest absolute Gasteiger partial charge is 0.176 e. The molecule has 0 amide bonds. The summed E-state index contributed by atoms with van der Waals surface area (Å²) in [5, 5.41) is 12.6. The maximum absolute atomic E-state index is 5.09. The van der Waals surface area contributed by atoms with Gasteiger partial charge in [0.15, 0.2) is 3.95 Å². The second-order valence-corrected chi connectivity index (χ2v) is 5.88. The molecular formula is C13H12N4S2. The second-order valence-electron chi connectivity index (χ2n) is 4.21. The predicted octanol–water partition coefficient (Wildman–Crippen LogP) is 3.67. The van der Waals surface area contributed by atoms with Crippen LogP contribution in [0.3, 0.4) is 0 Å². The summed E-state index contributed by atoms with van der Waals surface area (Å²) in [5.41, 5.74) is 4.13. The molecule has 0 fully saturated rings. The highest BCUT2D eigenvalue weighted by Crippen LogP contribution is 2.29. The summed E-state index contributed by atoms with van der Waals surface area (Å²) in [6, 6.07) is 10.1. The fourth-order valence-corrected chi connectivity index (χ4v) is 3.15. The van der Waals surface area contributed by atoms with Crippen molar-refractivity contribution < 1.29 is 0 Å². The Morgan fingerprint density at radius 3 is 2.58 bits per heavy atom. The van der Waals surface area contributed by atoms with Crippen LogP contribution in [-0.2, 0) is 0 Å². The lowest BCUT2D eigenvalue weighted by Crippen LogP contribution is -1.98. The highest BCUT2D eigenvalue weighted by atomic mass is 32.1. The number of benzene rings is 1. The summed E-state index contributed by atoms with van der Waals surface area (Å²) in [7, 11) is 0. The Kier molecular flexibility index (Phi) is 3.04. The predicted molar refractivity (Wildman–Crippen MR) is 79.3 cm³/mol. The van der Waals surface area contributed by atoms with Gasteiger partial charge in [0.05, 0.1) is 22.6 Å². The first-order valence-electron chi connectivity index (χ1n) is 5.84. The van der Waals surface area contributed by atoms with Gasteiger partial charge in [-0.3, -0.25) is 5.10 Å². The summed E-state index contributed by atoms with van der Waals surface area (Å²) in [4.78, 5) is 0. The first-order chi connectivity index (χ1) is 9.16. The van der Waals surface area contributed by atoms with E-state index in [1.54, 1.807) is 0 Å². The van der Waals surface area contributed by atoms with Crippen molar-refractivity contribution in [2.24, 2.45) is 0 Å². The van der Waals surface area contributed by atoms with Crippen LogP contribution in [0.15, 0.2) is 30.3 Å². The minimum absolute atomic E-state index is 0.682. The molecule has 0 radical (unpaired) electrons. The van der Waals surface area contributed by atoms with E-state index in [4.69, 9.17) is 12.2 Å². The topological polar surface area (TPSA) is 46.5 Å². The molecule has 0 bridgehead atoms. The molecule has 2 aromatic heterocycles. The maximum atomic E-state index is 5.09. The number of hydrogen-bond donors (Lipinski definition) is 1. The number of para-hydroxylation sites is 1. The SMILES string of the molecule is Cc1nn(-c2ccccc2)c(C)c1-c1n[nH]c(=S)s1. The van der Waals surface area contributed by atoms with Gasteiger partial charge in [0.2, 0.25) is 0 Å². The molecule has 3 rings (SSSR count). The van der Waals surface area contributed by atoms with Crippen molar-refractivity contribution in [3.05, 3.63) is 45.7 Å². The Balaban J connectivity index is 2.19. The van der Waals surface area contributed by atoms with Crippen molar-refractivity contribution in [1.82, 2.24) is 20.0 Å². The van der Waals surface area contributed by atoms with Crippen molar-refractivity contribution in [2.75, 3.05) is 0 Å². The van der Waals surface area contributed by atoms with Gasteiger partial charge in [-0.05, 0) is 38.2 Å². The minimum atomic E-state index is 0.682. The average molecular weight is 288 g/mol. The fraction of sp³-hybridized carbons (Fsp3) is 0.154. The molecule has 0 aliphatic heterocycles. The van der Waals surface area contributed by atoms with Crippen LogP contribution in [0.4, 0.5) is 0 Å². The van der Waals surface area contributed by atoms with Gasteiger partial charge in [0, 0.05) is 0 Å². The van der Waals surface area contributed by atoms with Crippen molar-refractivity contribution in [1.29, 1.82) is 0 Å². The zero-order valence-corrected chi connectivity index (χ0v) is 12.2. The molecule has 6 heteroatoms. The van der Waals surface area contributed by atoms with Gasteiger partial charge in [0.1, 0.15) is 5.01 Å². The van der Waals surface area contributed by atoms with Crippen molar-refractivity contribution >= 4 is 23.6 Å². The van der Waals surface area contributed by atoms with Gasteiger partial charge in [0.25, 0.3) is 0 Å². The van der Waals surface area contributed by atoms with Crippen LogP contribution in [0.25, 0.3) is 16.3 Å². The van der Waals surface area contributed by atoms with Crippen molar-refractivity contribution in [2.45, 2.75) is 13.8 Å². The summed E-state index contributed by atoms with van der Waals surface area (Å²) in [5.74, 6) is 0.